The number of hydrogen-bond donors (Lipinski definition) is 0. The summed E-state index contributed by atoms with van der Waals surface area (Å²) in [5.41, 5.74) is 4.60. The smallest absolute Gasteiger partial charge is 0.147 e. The Morgan fingerprint density at radius 3 is 2.47 bits per heavy atom. The number of ether oxygens (including phenoxy) is 1. The van der Waals surface area contributed by atoms with Crippen molar-refractivity contribution in [1.82, 2.24) is 10.1 Å². The lowest BCUT2D eigenvalue weighted by atomic mass is 10.0. The van der Waals surface area contributed by atoms with Crippen molar-refractivity contribution in [1.29, 1.82) is 0 Å². The van der Waals surface area contributed by atoms with Crippen LogP contribution in [0.2, 0.25) is 15.1 Å². The van der Waals surface area contributed by atoms with Gasteiger partial charge in [0.15, 0.2) is 0 Å². The van der Waals surface area contributed by atoms with Gasteiger partial charge in [0.05, 0.1) is 15.6 Å². The monoisotopic (exact) mass is 510 g/mol. The van der Waals surface area contributed by atoms with Gasteiger partial charge in [-0.05, 0) is 72.6 Å². The van der Waals surface area contributed by atoms with Crippen molar-refractivity contribution in [3.63, 3.8) is 0 Å². The second-order valence-corrected chi connectivity index (χ2v) is 10.2. The zero-order valence-electron chi connectivity index (χ0n) is 18.2. The normalized spacial score (nSPS) is 19.3. The van der Waals surface area contributed by atoms with Gasteiger partial charge in [-0.25, -0.2) is 0 Å². The van der Waals surface area contributed by atoms with Crippen LogP contribution in [0.25, 0.3) is 11.3 Å². The maximum atomic E-state index is 6.68. The molecular weight excluding hydrogens is 491 g/mol. The summed E-state index contributed by atoms with van der Waals surface area (Å²) >= 11 is 19.6. The Morgan fingerprint density at radius 2 is 1.76 bits per heavy atom. The van der Waals surface area contributed by atoms with Crippen LogP contribution in [0.1, 0.15) is 59.5 Å². The van der Waals surface area contributed by atoms with E-state index in [2.05, 4.69) is 22.3 Å². The van der Waals surface area contributed by atoms with Crippen LogP contribution in [-0.4, -0.2) is 10.1 Å². The third-order valence-corrected chi connectivity index (χ3v) is 7.58. The van der Waals surface area contributed by atoms with E-state index in [0.717, 1.165) is 41.2 Å². The summed E-state index contributed by atoms with van der Waals surface area (Å²) in [5.74, 6) is 2.81. The van der Waals surface area contributed by atoms with E-state index in [1.807, 2.05) is 30.5 Å². The maximum absolute atomic E-state index is 6.68. The van der Waals surface area contributed by atoms with Crippen molar-refractivity contribution in [2.45, 2.75) is 43.6 Å². The first-order valence-electron chi connectivity index (χ1n) is 11.3. The Morgan fingerprint density at radius 1 is 0.941 bits per heavy atom. The van der Waals surface area contributed by atoms with Crippen LogP contribution >= 0.6 is 34.8 Å². The van der Waals surface area contributed by atoms with Crippen LogP contribution in [0.5, 0.6) is 5.75 Å². The molecule has 2 fully saturated rings. The fourth-order valence-corrected chi connectivity index (χ4v) is 5.49. The highest BCUT2D eigenvalue weighted by Gasteiger charge is 2.40. The fourth-order valence-electron chi connectivity index (χ4n) is 4.60. The van der Waals surface area contributed by atoms with E-state index in [-0.39, 0.29) is 0 Å². The highest BCUT2D eigenvalue weighted by atomic mass is 35.5. The lowest BCUT2D eigenvalue weighted by molar-refractivity contribution is 0.300. The second kappa shape index (κ2) is 8.92. The summed E-state index contributed by atoms with van der Waals surface area (Å²) in [6.45, 7) is 0.295. The van der Waals surface area contributed by atoms with E-state index in [1.54, 1.807) is 18.3 Å². The Labute approximate surface area is 212 Å². The predicted octanol–water partition coefficient (Wildman–Crippen LogP) is 8.42. The topological polar surface area (TPSA) is 48.2 Å². The summed E-state index contributed by atoms with van der Waals surface area (Å²) in [6, 6.07) is 15.5. The van der Waals surface area contributed by atoms with Gasteiger partial charge in [-0.2, -0.15) is 0 Å². The molecule has 0 spiro atoms. The van der Waals surface area contributed by atoms with Crippen molar-refractivity contribution < 1.29 is 9.26 Å². The molecule has 0 N–H and O–H groups in total. The molecule has 0 bridgehead atoms. The lowest BCUT2D eigenvalue weighted by Crippen LogP contribution is -2.00. The molecule has 4 aromatic rings. The summed E-state index contributed by atoms with van der Waals surface area (Å²) < 4.78 is 11.9. The first-order valence-corrected chi connectivity index (χ1v) is 12.5. The van der Waals surface area contributed by atoms with Crippen molar-refractivity contribution in [3.8, 4) is 17.0 Å². The van der Waals surface area contributed by atoms with E-state index in [1.165, 1.54) is 5.56 Å². The number of halogens is 3. The lowest BCUT2D eigenvalue weighted by Gasteiger charge is -2.11. The minimum atomic E-state index is 0.295. The van der Waals surface area contributed by atoms with Crippen molar-refractivity contribution in [2.75, 3.05) is 0 Å². The first-order chi connectivity index (χ1) is 16.6. The van der Waals surface area contributed by atoms with E-state index in [9.17, 15) is 0 Å². The molecule has 7 heteroatoms. The van der Waals surface area contributed by atoms with E-state index >= 15 is 0 Å². The van der Waals surface area contributed by atoms with Gasteiger partial charge < -0.3 is 9.26 Å². The van der Waals surface area contributed by atoms with Crippen LogP contribution in [0.4, 0.5) is 0 Å². The van der Waals surface area contributed by atoms with Crippen LogP contribution in [0.3, 0.4) is 0 Å². The molecule has 0 saturated heterocycles. The van der Waals surface area contributed by atoms with Crippen molar-refractivity contribution >= 4 is 34.8 Å². The molecule has 2 heterocycles. The van der Waals surface area contributed by atoms with E-state index < -0.39 is 0 Å². The van der Waals surface area contributed by atoms with E-state index in [4.69, 9.17) is 44.1 Å². The molecule has 2 unspecified atom stereocenters. The Bertz CT molecular complexity index is 1330. The maximum Gasteiger partial charge on any atom is 0.147 e. The Kier molecular flexibility index (Phi) is 5.76. The molecule has 2 aliphatic rings. The van der Waals surface area contributed by atoms with Gasteiger partial charge in [0.25, 0.3) is 0 Å². The SMILES string of the molecule is Clc1cc(OCc2c(-c3c(Cl)cccc3Cl)noc2C2CC2)ccc1C1CC1c1cccnc1. The number of rotatable bonds is 7. The molecule has 34 heavy (non-hydrogen) atoms. The number of aromatic nitrogens is 2. The molecule has 0 aliphatic heterocycles. The van der Waals surface area contributed by atoms with Gasteiger partial charge in [-0.1, -0.05) is 58.2 Å². The molecule has 4 nitrogen and oxygen atoms in total. The van der Waals surface area contributed by atoms with Crippen LogP contribution in [-0.2, 0) is 6.61 Å². The summed E-state index contributed by atoms with van der Waals surface area (Å²) in [4.78, 5) is 4.24. The largest absolute Gasteiger partial charge is 0.489 e. The molecular formula is C27H21Cl3N2O2. The Balaban J connectivity index is 1.23. The third kappa shape index (κ3) is 4.19. The summed E-state index contributed by atoms with van der Waals surface area (Å²) in [7, 11) is 0. The molecule has 0 amide bonds. The van der Waals surface area contributed by atoms with Crippen LogP contribution in [0.15, 0.2) is 65.4 Å². The van der Waals surface area contributed by atoms with Gasteiger partial charge in [-0.3, -0.25) is 4.98 Å². The molecule has 2 aromatic carbocycles. The zero-order chi connectivity index (χ0) is 23.2. The average Bonchev–Trinajstić information content (AvgIpc) is 3.77. The molecule has 2 aliphatic carbocycles. The molecule has 0 radical (unpaired) electrons. The Hall–Kier alpha value is -2.53. The minimum Gasteiger partial charge on any atom is -0.489 e. The second-order valence-electron chi connectivity index (χ2n) is 8.95. The molecule has 6 rings (SSSR count). The van der Waals surface area contributed by atoms with Gasteiger partial charge >= 0.3 is 0 Å². The highest BCUT2D eigenvalue weighted by Crippen LogP contribution is 2.56. The highest BCUT2D eigenvalue weighted by molar-refractivity contribution is 6.39. The minimum absolute atomic E-state index is 0.295. The molecule has 2 saturated carbocycles. The fraction of sp³-hybridized carbons (Fsp3) is 0.259. The van der Waals surface area contributed by atoms with Crippen molar-refractivity contribution in [2.24, 2.45) is 0 Å². The first kappa shape index (κ1) is 22.0. The van der Waals surface area contributed by atoms with Gasteiger partial charge in [-0.15, -0.1) is 0 Å². The number of pyridine rings is 1. The number of hydrogen-bond acceptors (Lipinski definition) is 4. The van der Waals surface area contributed by atoms with Gasteiger partial charge in [0.1, 0.15) is 23.8 Å². The number of benzene rings is 2. The zero-order valence-corrected chi connectivity index (χ0v) is 20.4. The molecule has 172 valence electrons. The van der Waals surface area contributed by atoms with Crippen LogP contribution in [0, 0.1) is 0 Å². The standard InChI is InChI=1S/C27H21Cl3N2O2/c28-22-4-1-5-23(29)25(22)26-21(27(34-32-26)15-6-7-15)14-33-17-8-9-18(24(30)11-17)20-12-19(20)16-3-2-10-31-13-16/h1-5,8-11,13,15,19-20H,6-7,12,14H2. The predicted molar refractivity (Wildman–Crippen MR) is 134 cm³/mol. The molecule has 2 atom stereocenters. The third-order valence-electron chi connectivity index (χ3n) is 6.62. The van der Waals surface area contributed by atoms with Gasteiger partial charge in [0.2, 0.25) is 0 Å². The van der Waals surface area contributed by atoms with E-state index in [0.29, 0.717) is 51.4 Å². The van der Waals surface area contributed by atoms with Crippen molar-refractivity contribution in [3.05, 3.63) is 98.4 Å². The van der Waals surface area contributed by atoms with Crippen LogP contribution < -0.4 is 4.74 Å². The average molecular weight is 512 g/mol. The quantitative estimate of drug-likeness (QED) is 0.250. The van der Waals surface area contributed by atoms with Gasteiger partial charge in [0, 0.05) is 28.9 Å². The summed E-state index contributed by atoms with van der Waals surface area (Å²) in [6.07, 6.45) is 6.99. The summed E-state index contributed by atoms with van der Waals surface area (Å²) in [5, 5.41) is 6.11. The number of nitrogens with zero attached hydrogens (tertiary/aromatic N) is 2. The molecule has 2 aromatic heterocycles.